The maximum atomic E-state index is 13.0. The third-order valence-corrected chi connectivity index (χ3v) is 5.83. The molecule has 1 aliphatic rings. The molecule has 0 amide bonds. The third-order valence-electron chi connectivity index (χ3n) is 5.83. The van der Waals surface area contributed by atoms with Gasteiger partial charge in [-0.2, -0.15) is 18.3 Å². The predicted octanol–water partition coefficient (Wildman–Crippen LogP) is 4.47. The van der Waals surface area contributed by atoms with Crippen LogP contribution in [0.15, 0.2) is 30.5 Å². The normalized spacial score (nSPS) is 17.8. The summed E-state index contributed by atoms with van der Waals surface area (Å²) in [5, 5.41) is 13.3. The minimum Gasteiger partial charge on any atom is -0.496 e. The van der Waals surface area contributed by atoms with Gasteiger partial charge >= 0.3 is 6.18 Å². The van der Waals surface area contributed by atoms with Gasteiger partial charge in [-0.25, -0.2) is 0 Å². The fourth-order valence-corrected chi connectivity index (χ4v) is 4.15. The molecule has 0 spiro atoms. The van der Waals surface area contributed by atoms with E-state index >= 15 is 0 Å². The van der Waals surface area contributed by atoms with Crippen molar-refractivity contribution in [3.05, 3.63) is 47.3 Å². The van der Waals surface area contributed by atoms with E-state index in [1.54, 1.807) is 0 Å². The molecule has 0 bridgehead atoms. The molecule has 0 saturated carbocycles. The third kappa shape index (κ3) is 4.61. The average molecular weight is 433 g/mol. The lowest BCUT2D eigenvalue weighted by atomic mass is 10.0. The van der Waals surface area contributed by atoms with E-state index in [4.69, 9.17) is 4.74 Å². The number of likely N-dealkylation sites (tertiary alicyclic amines) is 1. The molecule has 4 rings (SSSR count). The number of halogens is 3. The van der Waals surface area contributed by atoms with Crippen molar-refractivity contribution in [1.82, 2.24) is 20.1 Å². The summed E-state index contributed by atoms with van der Waals surface area (Å²) in [6.07, 6.45) is -0.0711. The molecule has 2 aromatic heterocycles. The molecule has 6 nitrogen and oxygen atoms in total. The molecule has 1 atom stereocenters. The Balaban J connectivity index is 1.59. The maximum absolute atomic E-state index is 13.0. The summed E-state index contributed by atoms with van der Waals surface area (Å²) in [6.45, 7) is 5.27. The van der Waals surface area contributed by atoms with Gasteiger partial charge in [-0.1, -0.05) is 13.0 Å². The van der Waals surface area contributed by atoms with Gasteiger partial charge < -0.3 is 19.9 Å². The molecule has 0 radical (unpaired) electrons. The van der Waals surface area contributed by atoms with Crippen LogP contribution in [0.4, 0.5) is 19.0 Å². The van der Waals surface area contributed by atoms with Crippen LogP contribution in [0, 0.1) is 0 Å². The van der Waals surface area contributed by atoms with Crippen molar-refractivity contribution in [2.75, 3.05) is 32.1 Å². The van der Waals surface area contributed by atoms with Crippen molar-refractivity contribution in [3.8, 4) is 5.75 Å². The zero-order valence-electron chi connectivity index (χ0n) is 17.6. The highest BCUT2D eigenvalue weighted by Gasteiger charge is 2.31. The van der Waals surface area contributed by atoms with E-state index in [9.17, 15) is 13.2 Å². The SMILES string of the molecule is CCN1CCC[C@@H](Nc2nnc(Cc3ccc(C(F)(F)F)cc3OC)c3[nH]ccc23)C1. The zero-order chi connectivity index (χ0) is 22.0. The number of aromatic amines is 1. The van der Waals surface area contributed by atoms with Gasteiger partial charge in [0.25, 0.3) is 0 Å². The van der Waals surface area contributed by atoms with Crippen LogP contribution >= 0.6 is 0 Å². The van der Waals surface area contributed by atoms with Crippen molar-refractivity contribution < 1.29 is 17.9 Å². The fourth-order valence-electron chi connectivity index (χ4n) is 4.15. The van der Waals surface area contributed by atoms with E-state index in [-0.39, 0.29) is 5.75 Å². The van der Waals surface area contributed by atoms with Crippen molar-refractivity contribution in [1.29, 1.82) is 0 Å². The second-order valence-electron chi connectivity index (χ2n) is 7.84. The smallest absolute Gasteiger partial charge is 0.416 e. The number of ether oxygens (including phenoxy) is 1. The number of rotatable bonds is 6. The molecule has 0 aliphatic carbocycles. The maximum Gasteiger partial charge on any atom is 0.416 e. The quantitative estimate of drug-likeness (QED) is 0.600. The van der Waals surface area contributed by atoms with E-state index in [1.807, 2.05) is 12.3 Å². The Morgan fingerprint density at radius 2 is 2.10 bits per heavy atom. The molecular weight excluding hydrogens is 407 g/mol. The van der Waals surface area contributed by atoms with Crippen molar-refractivity contribution in [2.45, 2.75) is 38.4 Å². The van der Waals surface area contributed by atoms with Gasteiger partial charge in [0, 0.05) is 36.2 Å². The van der Waals surface area contributed by atoms with Gasteiger partial charge in [0.15, 0.2) is 5.82 Å². The van der Waals surface area contributed by atoms with Crippen molar-refractivity contribution >= 4 is 16.7 Å². The first-order valence-corrected chi connectivity index (χ1v) is 10.4. The second-order valence-corrected chi connectivity index (χ2v) is 7.84. The van der Waals surface area contributed by atoms with Gasteiger partial charge in [0.2, 0.25) is 0 Å². The number of piperidine rings is 1. The van der Waals surface area contributed by atoms with Crippen LogP contribution in [0.5, 0.6) is 5.75 Å². The highest BCUT2D eigenvalue weighted by molar-refractivity contribution is 5.91. The van der Waals surface area contributed by atoms with E-state index in [0.29, 0.717) is 23.7 Å². The molecular formula is C22H26F3N5O. The molecule has 31 heavy (non-hydrogen) atoms. The fraction of sp³-hybridized carbons (Fsp3) is 0.455. The van der Waals surface area contributed by atoms with Gasteiger partial charge in [0.1, 0.15) is 5.75 Å². The number of likely N-dealkylation sites (N-methyl/N-ethyl adjacent to an activating group) is 1. The molecule has 3 aromatic rings. The Kier molecular flexibility index (Phi) is 6.04. The summed E-state index contributed by atoms with van der Waals surface area (Å²) in [7, 11) is 1.37. The number of hydrogen-bond donors (Lipinski definition) is 2. The topological polar surface area (TPSA) is 66.1 Å². The van der Waals surface area contributed by atoms with Crippen LogP contribution in [0.2, 0.25) is 0 Å². The lowest BCUT2D eigenvalue weighted by Crippen LogP contribution is -2.42. The number of methoxy groups -OCH3 is 1. The van der Waals surface area contributed by atoms with Gasteiger partial charge in [0.05, 0.1) is 23.9 Å². The summed E-state index contributed by atoms with van der Waals surface area (Å²) in [4.78, 5) is 5.62. The van der Waals surface area contributed by atoms with Crippen molar-refractivity contribution in [3.63, 3.8) is 0 Å². The lowest BCUT2D eigenvalue weighted by molar-refractivity contribution is -0.137. The molecule has 3 heterocycles. The summed E-state index contributed by atoms with van der Waals surface area (Å²) < 4.78 is 44.3. The molecule has 9 heteroatoms. The van der Waals surface area contributed by atoms with Crippen LogP contribution in [-0.4, -0.2) is 52.9 Å². The summed E-state index contributed by atoms with van der Waals surface area (Å²) >= 11 is 0. The molecule has 1 saturated heterocycles. The first-order chi connectivity index (χ1) is 14.9. The number of nitrogens with zero attached hydrogens (tertiary/aromatic N) is 3. The Hall–Kier alpha value is -2.81. The zero-order valence-corrected chi connectivity index (χ0v) is 17.6. The Labute approximate surface area is 178 Å². The first kappa shape index (κ1) is 21.4. The highest BCUT2D eigenvalue weighted by Crippen LogP contribution is 2.34. The molecule has 0 unspecified atom stereocenters. The van der Waals surface area contributed by atoms with Gasteiger partial charge in [-0.05, 0) is 44.1 Å². The predicted molar refractivity (Wildman–Crippen MR) is 113 cm³/mol. The van der Waals surface area contributed by atoms with Crippen LogP contribution < -0.4 is 10.1 Å². The minimum absolute atomic E-state index is 0.181. The number of alkyl halides is 3. The number of aromatic nitrogens is 3. The number of hydrogen-bond acceptors (Lipinski definition) is 5. The number of anilines is 1. The van der Waals surface area contributed by atoms with Gasteiger partial charge in [-0.3, -0.25) is 0 Å². The van der Waals surface area contributed by atoms with Crippen LogP contribution in [0.25, 0.3) is 10.9 Å². The van der Waals surface area contributed by atoms with E-state index in [1.165, 1.54) is 13.2 Å². The summed E-state index contributed by atoms with van der Waals surface area (Å²) in [5.41, 5.74) is 1.36. The van der Waals surface area contributed by atoms with E-state index in [2.05, 4.69) is 32.3 Å². The highest BCUT2D eigenvalue weighted by atomic mass is 19.4. The Morgan fingerprint density at radius 1 is 1.26 bits per heavy atom. The number of H-pyrrole nitrogens is 1. The molecule has 166 valence electrons. The lowest BCUT2D eigenvalue weighted by Gasteiger charge is -2.32. The summed E-state index contributed by atoms with van der Waals surface area (Å²) in [6, 6.07) is 5.77. The van der Waals surface area contributed by atoms with Gasteiger partial charge in [-0.15, -0.1) is 5.10 Å². The Bertz CT molecular complexity index is 1050. The number of benzene rings is 1. The Morgan fingerprint density at radius 3 is 2.84 bits per heavy atom. The molecule has 1 aliphatic heterocycles. The molecule has 1 fully saturated rings. The largest absolute Gasteiger partial charge is 0.496 e. The van der Waals surface area contributed by atoms with Crippen LogP contribution in [-0.2, 0) is 12.6 Å². The first-order valence-electron chi connectivity index (χ1n) is 10.4. The minimum atomic E-state index is -4.42. The monoisotopic (exact) mass is 433 g/mol. The van der Waals surface area contributed by atoms with E-state index in [0.717, 1.165) is 61.3 Å². The number of fused-ring (bicyclic) bond motifs is 1. The molecule has 2 N–H and O–H groups in total. The number of nitrogens with one attached hydrogen (secondary N) is 2. The molecule has 1 aromatic carbocycles. The average Bonchev–Trinajstić information content (AvgIpc) is 3.26. The van der Waals surface area contributed by atoms with E-state index < -0.39 is 11.7 Å². The van der Waals surface area contributed by atoms with Crippen molar-refractivity contribution in [2.24, 2.45) is 0 Å². The standard InChI is InChI=1S/C22H26F3N5O/c1-3-30-10-4-5-16(13-30)27-21-17-8-9-26-20(17)18(28-29-21)11-14-6-7-15(22(23,24)25)12-19(14)31-2/h6-9,12,16,26H,3-5,10-11,13H2,1-2H3,(H,27,29)/t16-/m1/s1. The summed E-state index contributed by atoms with van der Waals surface area (Å²) in [5.74, 6) is 0.905. The van der Waals surface area contributed by atoms with Crippen LogP contribution in [0.3, 0.4) is 0 Å². The second kappa shape index (κ2) is 8.74. The van der Waals surface area contributed by atoms with Crippen LogP contribution in [0.1, 0.15) is 36.6 Å².